The molecule has 0 radical (unpaired) electrons. The Labute approximate surface area is 111 Å². The number of nitrogens with one attached hydrogen (secondary N) is 2. The van der Waals surface area contributed by atoms with Crippen LogP contribution in [0.1, 0.15) is 39.0 Å². The SMILES string of the molecule is CC1CCCC1C(=O)NC1CCC(C(F)(F)F)NC1. The fraction of sp³-hybridized carbons (Fsp3) is 0.923. The molecule has 0 aromatic rings. The molecule has 1 aliphatic carbocycles. The van der Waals surface area contributed by atoms with Crippen molar-refractivity contribution in [1.29, 1.82) is 0 Å². The highest BCUT2D eigenvalue weighted by Gasteiger charge is 2.42. The zero-order valence-corrected chi connectivity index (χ0v) is 11.1. The minimum Gasteiger partial charge on any atom is -0.352 e. The average Bonchev–Trinajstić information content (AvgIpc) is 2.75. The second-order valence-corrected chi connectivity index (χ2v) is 5.80. The lowest BCUT2D eigenvalue weighted by atomic mass is 9.95. The Morgan fingerprint density at radius 2 is 1.95 bits per heavy atom. The number of carbonyl (C=O) groups excluding carboxylic acids is 1. The lowest BCUT2D eigenvalue weighted by Gasteiger charge is -2.32. The van der Waals surface area contributed by atoms with Gasteiger partial charge in [0.25, 0.3) is 0 Å². The van der Waals surface area contributed by atoms with E-state index in [0.717, 1.165) is 19.3 Å². The molecule has 1 aliphatic heterocycles. The fourth-order valence-electron chi connectivity index (χ4n) is 3.10. The van der Waals surface area contributed by atoms with Crippen molar-refractivity contribution >= 4 is 5.91 Å². The maximum atomic E-state index is 12.5. The van der Waals surface area contributed by atoms with E-state index in [-0.39, 0.29) is 30.8 Å². The average molecular weight is 278 g/mol. The fourth-order valence-corrected chi connectivity index (χ4v) is 3.10. The topological polar surface area (TPSA) is 41.1 Å². The summed E-state index contributed by atoms with van der Waals surface area (Å²) < 4.78 is 37.4. The van der Waals surface area contributed by atoms with Crippen molar-refractivity contribution < 1.29 is 18.0 Å². The zero-order valence-electron chi connectivity index (χ0n) is 11.1. The molecule has 2 rings (SSSR count). The van der Waals surface area contributed by atoms with Gasteiger partial charge in [0.1, 0.15) is 6.04 Å². The summed E-state index contributed by atoms with van der Waals surface area (Å²) in [5.74, 6) is 0.446. The van der Waals surface area contributed by atoms with Crippen LogP contribution in [0.15, 0.2) is 0 Å². The first kappa shape index (κ1) is 14.6. The van der Waals surface area contributed by atoms with E-state index >= 15 is 0 Å². The van der Waals surface area contributed by atoms with Crippen molar-refractivity contribution in [2.24, 2.45) is 11.8 Å². The van der Waals surface area contributed by atoms with Crippen molar-refractivity contribution in [3.63, 3.8) is 0 Å². The van der Waals surface area contributed by atoms with Gasteiger partial charge < -0.3 is 10.6 Å². The van der Waals surface area contributed by atoms with Crippen molar-refractivity contribution in [2.75, 3.05) is 6.54 Å². The molecule has 4 unspecified atom stereocenters. The Kier molecular flexibility index (Phi) is 4.38. The molecule has 1 saturated carbocycles. The Hall–Kier alpha value is -0.780. The van der Waals surface area contributed by atoms with E-state index in [0.29, 0.717) is 12.3 Å². The van der Waals surface area contributed by atoms with Gasteiger partial charge in [-0.15, -0.1) is 0 Å². The van der Waals surface area contributed by atoms with Crippen LogP contribution in [0, 0.1) is 11.8 Å². The summed E-state index contributed by atoms with van der Waals surface area (Å²) in [4.78, 5) is 12.0. The number of piperidine rings is 1. The second kappa shape index (κ2) is 5.69. The van der Waals surface area contributed by atoms with Crippen LogP contribution in [0.25, 0.3) is 0 Å². The molecular formula is C13H21F3N2O. The highest BCUT2D eigenvalue weighted by Crippen LogP contribution is 2.31. The third kappa shape index (κ3) is 3.61. The quantitative estimate of drug-likeness (QED) is 0.813. The molecule has 0 aromatic carbocycles. The van der Waals surface area contributed by atoms with E-state index in [2.05, 4.69) is 17.6 Å². The van der Waals surface area contributed by atoms with E-state index in [1.54, 1.807) is 0 Å². The number of carbonyl (C=O) groups is 1. The molecule has 4 atom stereocenters. The Bertz CT molecular complexity index is 324. The van der Waals surface area contributed by atoms with Crippen molar-refractivity contribution in [3.8, 4) is 0 Å². The Morgan fingerprint density at radius 3 is 2.42 bits per heavy atom. The zero-order chi connectivity index (χ0) is 14.0. The summed E-state index contributed by atoms with van der Waals surface area (Å²) in [6.45, 7) is 2.27. The number of hydrogen-bond acceptors (Lipinski definition) is 2. The van der Waals surface area contributed by atoms with E-state index in [9.17, 15) is 18.0 Å². The molecule has 2 N–H and O–H groups in total. The predicted molar refractivity (Wildman–Crippen MR) is 65.5 cm³/mol. The van der Waals surface area contributed by atoms with Gasteiger partial charge in [-0.1, -0.05) is 13.3 Å². The first-order chi connectivity index (χ1) is 8.88. The van der Waals surface area contributed by atoms with Crippen LogP contribution >= 0.6 is 0 Å². The van der Waals surface area contributed by atoms with Gasteiger partial charge in [-0.2, -0.15) is 13.2 Å². The molecule has 110 valence electrons. The molecule has 19 heavy (non-hydrogen) atoms. The van der Waals surface area contributed by atoms with Crippen LogP contribution in [0.4, 0.5) is 13.2 Å². The maximum absolute atomic E-state index is 12.5. The summed E-state index contributed by atoms with van der Waals surface area (Å²) in [5.41, 5.74) is 0. The lowest BCUT2D eigenvalue weighted by Crippen LogP contribution is -2.55. The van der Waals surface area contributed by atoms with Gasteiger partial charge in [0.05, 0.1) is 0 Å². The molecule has 3 nitrogen and oxygen atoms in total. The van der Waals surface area contributed by atoms with Crippen LogP contribution < -0.4 is 10.6 Å². The third-order valence-corrected chi connectivity index (χ3v) is 4.35. The molecule has 6 heteroatoms. The minimum absolute atomic E-state index is 0.0160. The van der Waals surface area contributed by atoms with Crippen molar-refractivity contribution in [1.82, 2.24) is 10.6 Å². The molecule has 2 fully saturated rings. The van der Waals surface area contributed by atoms with Crippen LogP contribution in [0.2, 0.25) is 0 Å². The monoisotopic (exact) mass is 278 g/mol. The highest BCUT2D eigenvalue weighted by atomic mass is 19.4. The van der Waals surface area contributed by atoms with E-state index in [4.69, 9.17) is 0 Å². The van der Waals surface area contributed by atoms with Gasteiger partial charge in [-0.3, -0.25) is 4.79 Å². The van der Waals surface area contributed by atoms with Crippen molar-refractivity contribution in [2.45, 2.75) is 57.3 Å². The van der Waals surface area contributed by atoms with Crippen molar-refractivity contribution in [3.05, 3.63) is 0 Å². The summed E-state index contributed by atoms with van der Waals surface area (Å²) >= 11 is 0. The first-order valence-electron chi connectivity index (χ1n) is 6.98. The summed E-state index contributed by atoms with van der Waals surface area (Å²) in [6, 6.07) is -1.59. The molecule has 0 spiro atoms. The Balaban J connectivity index is 1.78. The number of alkyl halides is 3. The first-order valence-corrected chi connectivity index (χ1v) is 6.98. The maximum Gasteiger partial charge on any atom is 0.403 e. The molecular weight excluding hydrogens is 257 g/mol. The highest BCUT2D eigenvalue weighted by molar-refractivity contribution is 5.79. The van der Waals surface area contributed by atoms with Gasteiger partial charge in [0.2, 0.25) is 5.91 Å². The van der Waals surface area contributed by atoms with E-state index in [1.807, 2.05) is 0 Å². The van der Waals surface area contributed by atoms with Gasteiger partial charge in [0, 0.05) is 18.5 Å². The van der Waals surface area contributed by atoms with Crippen LogP contribution in [-0.2, 0) is 4.79 Å². The molecule has 2 aliphatic rings. The summed E-state index contributed by atoms with van der Waals surface area (Å²) in [7, 11) is 0. The van der Waals surface area contributed by atoms with E-state index < -0.39 is 12.2 Å². The number of amides is 1. The summed E-state index contributed by atoms with van der Waals surface area (Å²) in [6.07, 6.45) is -0.721. The molecule has 1 saturated heterocycles. The smallest absolute Gasteiger partial charge is 0.352 e. The predicted octanol–water partition coefficient (Wildman–Crippen LogP) is 2.22. The standard InChI is InChI=1S/C13H21F3N2O/c1-8-3-2-4-10(8)12(19)18-9-5-6-11(17-7-9)13(14,15)16/h8-11,17H,2-7H2,1H3,(H,18,19). The third-order valence-electron chi connectivity index (χ3n) is 4.35. The number of rotatable bonds is 2. The molecule has 0 aromatic heterocycles. The van der Waals surface area contributed by atoms with Crippen LogP contribution in [0.5, 0.6) is 0 Å². The van der Waals surface area contributed by atoms with Gasteiger partial charge >= 0.3 is 6.18 Å². The Morgan fingerprint density at radius 1 is 1.21 bits per heavy atom. The molecule has 0 bridgehead atoms. The number of hydrogen-bond donors (Lipinski definition) is 2. The van der Waals surface area contributed by atoms with Crippen LogP contribution in [0.3, 0.4) is 0 Å². The largest absolute Gasteiger partial charge is 0.403 e. The normalized spacial score (nSPS) is 36.2. The lowest BCUT2D eigenvalue weighted by molar-refractivity contribution is -0.161. The summed E-state index contributed by atoms with van der Waals surface area (Å²) in [5, 5.41) is 5.37. The van der Waals surface area contributed by atoms with E-state index in [1.165, 1.54) is 0 Å². The van der Waals surface area contributed by atoms with Gasteiger partial charge in [-0.05, 0) is 31.6 Å². The van der Waals surface area contributed by atoms with Gasteiger partial charge in [0.15, 0.2) is 0 Å². The molecule has 1 heterocycles. The number of halogens is 3. The van der Waals surface area contributed by atoms with Gasteiger partial charge in [-0.25, -0.2) is 0 Å². The molecule has 1 amide bonds. The minimum atomic E-state index is -4.19. The second-order valence-electron chi connectivity index (χ2n) is 5.80. The van der Waals surface area contributed by atoms with Crippen LogP contribution in [-0.4, -0.2) is 30.7 Å².